The Labute approximate surface area is 242 Å². The largest absolute Gasteiger partial charge is 0.385 e. The fourth-order valence-electron chi connectivity index (χ4n) is 4.09. The van der Waals surface area contributed by atoms with Gasteiger partial charge in [0.15, 0.2) is 0 Å². The molecule has 0 bridgehead atoms. The van der Waals surface area contributed by atoms with Gasteiger partial charge in [0.05, 0.1) is 11.4 Å². The molecule has 42 heavy (non-hydrogen) atoms. The smallest absolute Gasteiger partial charge is 0.271 e. The van der Waals surface area contributed by atoms with Crippen molar-refractivity contribution in [2.45, 2.75) is 12.8 Å². The van der Waals surface area contributed by atoms with Crippen LogP contribution in [0.3, 0.4) is 0 Å². The van der Waals surface area contributed by atoms with Crippen LogP contribution in [0.2, 0.25) is 0 Å². The van der Waals surface area contributed by atoms with E-state index in [0.717, 1.165) is 16.8 Å². The van der Waals surface area contributed by atoms with E-state index in [9.17, 15) is 9.59 Å². The number of nitrogens with one attached hydrogen (secondary N) is 5. The quantitative estimate of drug-likeness (QED) is 0.0886. The molecule has 5 N–H and O–H groups in total. The Balaban J connectivity index is 1.10. The third kappa shape index (κ3) is 7.42. The average Bonchev–Trinajstić information content (AvgIpc) is 3.77. The predicted octanol–water partition coefficient (Wildman–Crippen LogP) is 4.08. The number of H-pyrrole nitrogens is 2. The molecular weight excluding hydrogens is 530 g/mol. The van der Waals surface area contributed by atoms with Gasteiger partial charge in [-0.25, -0.2) is 10.9 Å². The molecule has 2 heterocycles. The number of aromatic amines is 2. The molecule has 0 aliphatic carbocycles. The summed E-state index contributed by atoms with van der Waals surface area (Å²) in [5.41, 5.74) is 10.9. The SMILES string of the molecule is O=C(CCCNc1ccc(C(=O)NN=C(c2ccccc2)c2ccn[nH]2)cc1)NN=C(c1ccccc1)c1ccn[nH]1. The van der Waals surface area contributed by atoms with E-state index in [1.807, 2.05) is 72.8 Å². The molecule has 0 saturated heterocycles. The van der Waals surface area contributed by atoms with Gasteiger partial charge in [-0.2, -0.15) is 20.4 Å². The van der Waals surface area contributed by atoms with Crippen LogP contribution in [0.15, 0.2) is 120 Å². The van der Waals surface area contributed by atoms with Crippen LogP contribution in [0.1, 0.15) is 45.7 Å². The second-order valence-electron chi connectivity index (χ2n) is 9.18. The fraction of sp³-hybridized carbons (Fsp3) is 0.0968. The summed E-state index contributed by atoms with van der Waals surface area (Å²) >= 11 is 0. The van der Waals surface area contributed by atoms with Crippen LogP contribution in [0.25, 0.3) is 0 Å². The minimum absolute atomic E-state index is 0.192. The van der Waals surface area contributed by atoms with Crippen LogP contribution in [0.5, 0.6) is 0 Å². The molecule has 0 unspecified atom stereocenters. The monoisotopic (exact) mass is 559 g/mol. The summed E-state index contributed by atoms with van der Waals surface area (Å²) in [4.78, 5) is 25.2. The molecule has 2 amide bonds. The normalized spacial score (nSPS) is 11.6. The zero-order valence-corrected chi connectivity index (χ0v) is 22.6. The number of hydrazone groups is 2. The Bertz CT molecular complexity index is 1630. The lowest BCUT2D eigenvalue weighted by Gasteiger charge is -2.08. The minimum Gasteiger partial charge on any atom is -0.385 e. The van der Waals surface area contributed by atoms with E-state index < -0.39 is 0 Å². The van der Waals surface area contributed by atoms with E-state index >= 15 is 0 Å². The van der Waals surface area contributed by atoms with Crippen LogP contribution < -0.4 is 16.2 Å². The van der Waals surface area contributed by atoms with Crippen LogP contribution >= 0.6 is 0 Å². The predicted molar refractivity (Wildman–Crippen MR) is 161 cm³/mol. The number of carbonyl (C=O) groups excluding carboxylic acids is 2. The molecule has 5 aromatic rings. The highest BCUT2D eigenvalue weighted by Gasteiger charge is 2.12. The van der Waals surface area contributed by atoms with Gasteiger partial charge >= 0.3 is 0 Å². The maximum absolute atomic E-state index is 12.7. The van der Waals surface area contributed by atoms with Crippen molar-refractivity contribution in [1.82, 2.24) is 31.2 Å². The first kappa shape index (κ1) is 27.7. The van der Waals surface area contributed by atoms with Crippen molar-refractivity contribution in [3.63, 3.8) is 0 Å². The zero-order valence-electron chi connectivity index (χ0n) is 22.6. The summed E-state index contributed by atoms with van der Waals surface area (Å²) in [6, 6.07) is 29.8. The molecule has 210 valence electrons. The van der Waals surface area contributed by atoms with E-state index in [2.05, 4.69) is 46.8 Å². The Morgan fingerprint density at radius 1 is 0.643 bits per heavy atom. The van der Waals surface area contributed by atoms with E-state index in [0.29, 0.717) is 47.8 Å². The first-order valence-corrected chi connectivity index (χ1v) is 13.4. The summed E-state index contributed by atoms with van der Waals surface area (Å²) in [6.45, 7) is 0.573. The van der Waals surface area contributed by atoms with Crippen molar-refractivity contribution >= 4 is 28.9 Å². The number of nitrogens with zero attached hydrogens (tertiary/aromatic N) is 4. The molecule has 0 fully saturated rings. The Morgan fingerprint density at radius 2 is 1.19 bits per heavy atom. The van der Waals surface area contributed by atoms with E-state index in [1.165, 1.54) is 0 Å². The molecule has 2 aromatic heterocycles. The molecule has 3 aromatic carbocycles. The highest BCUT2D eigenvalue weighted by atomic mass is 16.2. The van der Waals surface area contributed by atoms with E-state index in [4.69, 9.17) is 0 Å². The fourth-order valence-corrected chi connectivity index (χ4v) is 4.09. The second-order valence-corrected chi connectivity index (χ2v) is 9.18. The van der Waals surface area contributed by atoms with Gasteiger partial charge < -0.3 is 5.32 Å². The van der Waals surface area contributed by atoms with Crippen LogP contribution in [0.4, 0.5) is 5.69 Å². The lowest BCUT2D eigenvalue weighted by molar-refractivity contribution is -0.121. The Kier molecular flexibility index (Phi) is 9.23. The second kappa shape index (κ2) is 14.0. The van der Waals surface area contributed by atoms with Gasteiger partial charge in [-0.05, 0) is 42.8 Å². The molecule has 0 saturated carbocycles. The van der Waals surface area contributed by atoms with Crippen molar-refractivity contribution in [2.75, 3.05) is 11.9 Å². The van der Waals surface area contributed by atoms with Crippen LogP contribution in [0, 0.1) is 0 Å². The number of rotatable bonds is 12. The zero-order chi connectivity index (χ0) is 29.0. The van der Waals surface area contributed by atoms with Gasteiger partial charge in [0.25, 0.3) is 5.91 Å². The molecular formula is C31H29N9O2. The lowest BCUT2D eigenvalue weighted by Crippen LogP contribution is -2.21. The molecule has 0 radical (unpaired) electrons. The summed E-state index contributed by atoms with van der Waals surface area (Å²) in [5.74, 6) is -0.529. The Hall–Kier alpha value is -5.84. The first-order chi connectivity index (χ1) is 20.7. The lowest BCUT2D eigenvalue weighted by atomic mass is 10.1. The van der Waals surface area contributed by atoms with Gasteiger partial charge in [0, 0.05) is 47.7 Å². The maximum Gasteiger partial charge on any atom is 0.271 e. The number of hydrogen-bond donors (Lipinski definition) is 5. The van der Waals surface area contributed by atoms with Crippen LogP contribution in [-0.2, 0) is 4.79 Å². The summed E-state index contributed by atoms with van der Waals surface area (Å²) in [6.07, 6.45) is 4.16. The van der Waals surface area contributed by atoms with Crippen molar-refractivity contribution in [1.29, 1.82) is 0 Å². The van der Waals surface area contributed by atoms with Gasteiger partial charge in [-0.15, -0.1) is 0 Å². The highest BCUT2D eigenvalue weighted by Crippen LogP contribution is 2.12. The van der Waals surface area contributed by atoms with Crippen molar-refractivity contribution in [3.05, 3.63) is 138 Å². The topological polar surface area (TPSA) is 152 Å². The van der Waals surface area contributed by atoms with E-state index in [-0.39, 0.29) is 11.8 Å². The van der Waals surface area contributed by atoms with Gasteiger partial charge in [0.2, 0.25) is 5.91 Å². The maximum atomic E-state index is 12.7. The van der Waals surface area contributed by atoms with Gasteiger partial charge in [0.1, 0.15) is 11.4 Å². The third-order valence-electron chi connectivity index (χ3n) is 6.22. The molecule has 0 atom stereocenters. The summed E-state index contributed by atoms with van der Waals surface area (Å²) < 4.78 is 0. The molecule has 0 spiro atoms. The standard InChI is InChI=1S/C31H29N9O2/c41-28(37-38-29(26-17-20-33-35-26)22-8-3-1-4-9-22)12-7-19-32-25-15-13-24(14-16-25)31(42)40-39-30(27-18-21-34-36-27)23-10-5-2-6-11-23/h1-6,8-11,13-18,20-21,32H,7,12,19H2,(H,33,35)(H,34,36)(H,37,41)(H,40,42). The molecule has 11 heteroatoms. The Morgan fingerprint density at radius 3 is 1.71 bits per heavy atom. The number of anilines is 1. The highest BCUT2D eigenvalue weighted by molar-refractivity contribution is 6.12. The molecule has 0 aliphatic heterocycles. The minimum atomic E-state index is -0.336. The number of aromatic nitrogens is 4. The summed E-state index contributed by atoms with van der Waals surface area (Å²) in [5, 5.41) is 25.7. The summed E-state index contributed by atoms with van der Waals surface area (Å²) in [7, 11) is 0. The third-order valence-corrected chi connectivity index (χ3v) is 6.22. The molecule has 0 aliphatic rings. The molecule has 5 rings (SSSR count). The van der Waals surface area contributed by atoms with Crippen molar-refractivity contribution < 1.29 is 9.59 Å². The number of hydrogen-bond acceptors (Lipinski definition) is 7. The first-order valence-electron chi connectivity index (χ1n) is 13.4. The van der Waals surface area contributed by atoms with Crippen molar-refractivity contribution in [2.24, 2.45) is 10.2 Å². The number of carbonyl (C=O) groups is 2. The van der Waals surface area contributed by atoms with Gasteiger partial charge in [-0.1, -0.05) is 60.7 Å². The average molecular weight is 560 g/mol. The number of amides is 2. The van der Waals surface area contributed by atoms with Crippen molar-refractivity contribution in [3.8, 4) is 0 Å². The van der Waals surface area contributed by atoms with Gasteiger partial charge in [-0.3, -0.25) is 19.8 Å². The molecule has 11 nitrogen and oxygen atoms in total. The van der Waals surface area contributed by atoms with E-state index in [1.54, 1.807) is 36.7 Å². The number of benzene rings is 3. The van der Waals surface area contributed by atoms with Crippen LogP contribution in [-0.4, -0.2) is 50.2 Å².